The van der Waals surface area contributed by atoms with E-state index in [1.165, 1.54) is 0 Å². The molecule has 4 rings (SSSR count). The highest BCUT2D eigenvalue weighted by atomic mass is 16.5. The Kier molecular flexibility index (Phi) is 7.89. The van der Waals surface area contributed by atoms with Crippen LogP contribution in [-0.4, -0.2) is 54.6 Å². The van der Waals surface area contributed by atoms with Gasteiger partial charge in [-0.25, -0.2) is 0 Å². The van der Waals surface area contributed by atoms with Gasteiger partial charge in [-0.3, -0.25) is 14.4 Å². The smallest absolute Gasteiger partial charge is 0.320 e. The molecule has 2 aromatic carbocycles. The molecule has 9 heteroatoms. The monoisotopic (exact) mass is 455 g/mol. The summed E-state index contributed by atoms with van der Waals surface area (Å²) >= 11 is 0. The number of aliphatic carboxylic acids is 1. The molecule has 0 aliphatic carbocycles. The third-order valence-corrected chi connectivity index (χ3v) is 5.77. The number of nitrogens with two attached hydrogens (primary N) is 1. The number of methoxy groups -OCH3 is 2. The molecule has 2 unspecified atom stereocenters. The number of nitrogens with one attached hydrogen (secondary N) is 1. The number of carbonyl (C=O) groups excluding carboxylic acids is 2. The number of primary amides is 1. The van der Waals surface area contributed by atoms with Crippen LogP contribution < -0.4 is 20.5 Å². The maximum atomic E-state index is 12.8. The third-order valence-electron chi connectivity index (χ3n) is 5.77. The van der Waals surface area contributed by atoms with Crippen LogP contribution in [0.15, 0.2) is 42.5 Å². The summed E-state index contributed by atoms with van der Waals surface area (Å²) in [5.74, 6) is -0.165. The molecule has 2 aliphatic heterocycles. The highest BCUT2D eigenvalue weighted by Crippen LogP contribution is 2.37. The van der Waals surface area contributed by atoms with Crippen molar-refractivity contribution in [2.75, 3.05) is 20.8 Å². The molecule has 2 heterocycles. The van der Waals surface area contributed by atoms with E-state index in [0.29, 0.717) is 23.6 Å². The molecule has 176 valence electrons. The molecule has 2 aromatic rings. The molecule has 1 fully saturated rings. The number of amides is 2. The van der Waals surface area contributed by atoms with Crippen molar-refractivity contribution in [2.45, 2.75) is 37.9 Å². The van der Waals surface area contributed by atoms with E-state index in [2.05, 4.69) is 5.32 Å². The molecule has 0 bridgehead atoms. The highest BCUT2D eigenvalue weighted by molar-refractivity contribution is 5.98. The predicted octanol–water partition coefficient (Wildman–Crippen LogP) is 2.10. The van der Waals surface area contributed by atoms with Crippen molar-refractivity contribution < 1.29 is 29.0 Å². The second kappa shape index (κ2) is 10.8. The van der Waals surface area contributed by atoms with Gasteiger partial charge < -0.3 is 30.5 Å². The first kappa shape index (κ1) is 24.1. The number of hydrogen-bond donors (Lipinski definition) is 3. The van der Waals surface area contributed by atoms with Crippen LogP contribution in [-0.2, 0) is 16.1 Å². The fourth-order valence-corrected chi connectivity index (χ4v) is 4.08. The number of rotatable bonds is 7. The number of carboxylic acids is 1. The van der Waals surface area contributed by atoms with Gasteiger partial charge in [-0.1, -0.05) is 24.3 Å². The molecular formula is C24H29N3O6. The highest BCUT2D eigenvalue weighted by Gasteiger charge is 2.34. The minimum absolute atomic E-state index is 0.0369. The average Bonchev–Trinajstić information content (AvgIpc) is 3.46. The maximum Gasteiger partial charge on any atom is 0.320 e. The van der Waals surface area contributed by atoms with Crippen LogP contribution in [0.2, 0.25) is 0 Å². The summed E-state index contributed by atoms with van der Waals surface area (Å²) < 4.78 is 10.6. The quantitative estimate of drug-likeness (QED) is 0.583. The molecule has 2 atom stereocenters. The molecule has 2 aliphatic rings. The van der Waals surface area contributed by atoms with E-state index in [4.69, 9.17) is 20.3 Å². The number of carbonyl (C=O) groups is 3. The van der Waals surface area contributed by atoms with Crippen LogP contribution >= 0.6 is 0 Å². The molecule has 0 saturated carbocycles. The molecule has 0 radical (unpaired) electrons. The third kappa shape index (κ3) is 5.61. The lowest BCUT2D eigenvalue weighted by atomic mass is 10.0. The number of ether oxygens (including phenoxy) is 2. The first-order chi connectivity index (χ1) is 15.8. The topological polar surface area (TPSA) is 131 Å². The van der Waals surface area contributed by atoms with E-state index in [0.717, 1.165) is 30.5 Å². The van der Waals surface area contributed by atoms with Gasteiger partial charge in [-0.05, 0) is 48.7 Å². The minimum Gasteiger partial charge on any atom is -0.493 e. The predicted molar refractivity (Wildman–Crippen MR) is 121 cm³/mol. The number of fused-ring (bicyclic) bond motifs is 1. The number of carboxylic acid groups (broad SMARTS) is 1. The summed E-state index contributed by atoms with van der Waals surface area (Å²) in [4.78, 5) is 36.2. The Bertz CT molecular complexity index is 1020. The van der Waals surface area contributed by atoms with Crippen LogP contribution in [0, 0.1) is 0 Å². The normalized spacial score (nSPS) is 17.6. The number of nitrogens with zero attached hydrogens (tertiary/aromatic N) is 1. The van der Waals surface area contributed by atoms with Crippen molar-refractivity contribution in [3.63, 3.8) is 0 Å². The van der Waals surface area contributed by atoms with Gasteiger partial charge in [0, 0.05) is 12.1 Å². The van der Waals surface area contributed by atoms with Crippen molar-refractivity contribution in [1.82, 2.24) is 10.2 Å². The Morgan fingerprint density at radius 1 is 1.18 bits per heavy atom. The van der Waals surface area contributed by atoms with Gasteiger partial charge in [-0.15, -0.1) is 0 Å². The zero-order valence-electron chi connectivity index (χ0n) is 18.7. The SMILES string of the molecule is COc1ccc(C(CC(N)=O)N2Cc3ccccc3C2=O)cc1OC.O=C(O)C1CCCN1. The van der Waals surface area contributed by atoms with Gasteiger partial charge >= 0.3 is 5.97 Å². The largest absolute Gasteiger partial charge is 0.493 e. The molecular weight excluding hydrogens is 426 g/mol. The molecule has 4 N–H and O–H groups in total. The first-order valence-electron chi connectivity index (χ1n) is 10.7. The van der Waals surface area contributed by atoms with Crippen molar-refractivity contribution in [2.24, 2.45) is 5.73 Å². The van der Waals surface area contributed by atoms with E-state index in [1.54, 1.807) is 37.3 Å². The second-order valence-corrected chi connectivity index (χ2v) is 7.88. The van der Waals surface area contributed by atoms with Crippen LogP contribution in [0.1, 0.15) is 46.8 Å². The van der Waals surface area contributed by atoms with Gasteiger partial charge in [-0.2, -0.15) is 0 Å². The standard InChI is InChI=1S/C19H20N2O4.C5H9NO2/c1-24-16-8-7-12(9-17(16)25-2)15(10-18(20)22)21-11-13-5-3-4-6-14(13)19(21)23;7-5(8)4-2-1-3-6-4/h3-9,15H,10-11H2,1-2H3,(H2,20,22);4,6H,1-3H2,(H,7,8). The average molecular weight is 456 g/mol. The van der Waals surface area contributed by atoms with E-state index < -0.39 is 17.9 Å². The van der Waals surface area contributed by atoms with Gasteiger partial charge in [0.15, 0.2) is 11.5 Å². The van der Waals surface area contributed by atoms with Crippen molar-refractivity contribution >= 4 is 17.8 Å². The van der Waals surface area contributed by atoms with E-state index in [1.807, 2.05) is 24.3 Å². The lowest BCUT2D eigenvalue weighted by Crippen LogP contribution is -2.32. The number of benzene rings is 2. The van der Waals surface area contributed by atoms with E-state index in [-0.39, 0.29) is 18.4 Å². The summed E-state index contributed by atoms with van der Waals surface area (Å²) in [5, 5.41) is 11.2. The summed E-state index contributed by atoms with van der Waals surface area (Å²) in [7, 11) is 3.10. The van der Waals surface area contributed by atoms with Gasteiger partial charge in [0.25, 0.3) is 5.91 Å². The Morgan fingerprint density at radius 2 is 1.91 bits per heavy atom. The summed E-state index contributed by atoms with van der Waals surface area (Å²) in [6.45, 7) is 1.30. The van der Waals surface area contributed by atoms with Gasteiger partial charge in [0.1, 0.15) is 6.04 Å². The Morgan fingerprint density at radius 3 is 2.45 bits per heavy atom. The van der Waals surface area contributed by atoms with Crippen molar-refractivity contribution in [3.8, 4) is 11.5 Å². The fourth-order valence-electron chi connectivity index (χ4n) is 4.08. The molecule has 0 spiro atoms. The molecule has 2 amide bonds. The van der Waals surface area contributed by atoms with Crippen molar-refractivity contribution in [1.29, 1.82) is 0 Å². The van der Waals surface area contributed by atoms with Crippen molar-refractivity contribution in [3.05, 3.63) is 59.2 Å². The lowest BCUT2D eigenvalue weighted by molar-refractivity contribution is -0.139. The van der Waals surface area contributed by atoms with Crippen LogP contribution in [0.3, 0.4) is 0 Å². The number of hydrogen-bond acceptors (Lipinski definition) is 6. The van der Waals surface area contributed by atoms with Gasteiger partial charge in [0.2, 0.25) is 5.91 Å². The molecule has 1 saturated heterocycles. The van der Waals surface area contributed by atoms with Gasteiger partial charge in [0.05, 0.1) is 26.7 Å². The molecule has 33 heavy (non-hydrogen) atoms. The Hall–Kier alpha value is -3.59. The summed E-state index contributed by atoms with van der Waals surface area (Å²) in [6, 6.07) is 12.1. The van der Waals surface area contributed by atoms with Crippen LogP contribution in [0.25, 0.3) is 0 Å². The molecule has 0 aromatic heterocycles. The van der Waals surface area contributed by atoms with E-state index in [9.17, 15) is 14.4 Å². The lowest BCUT2D eigenvalue weighted by Gasteiger charge is -2.28. The Balaban J connectivity index is 0.000000323. The van der Waals surface area contributed by atoms with Crippen LogP contribution in [0.4, 0.5) is 0 Å². The minimum atomic E-state index is -0.720. The maximum absolute atomic E-state index is 12.8. The Labute approximate surface area is 192 Å². The zero-order chi connectivity index (χ0) is 24.0. The molecule has 9 nitrogen and oxygen atoms in total. The summed E-state index contributed by atoms with van der Waals surface area (Å²) in [5.41, 5.74) is 7.83. The first-order valence-corrected chi connectivity index (χ1v) is 10.7. The zero-order valence-corrected chi connectivity index (χ0v) is 18.7. The summed E-state index contributed by atoms with van der Waals surface area (Å²) in [6.07, 6.45) is 1.82. The van der Waals surface area contributed by atoms with Crippen LogP contribution in [0.5, 0.6) is 11.5 Å². The van der Waals surface area contributed by atoms with E-state index >= 15 is 0 Å². The fraction of sp³-hybridized carbons (Fsp3) is 0.375. The second-order valence-electron chi connectivity index (χ2n) is 7.88.